The highest BCUT2D eigenvalue weighted by atomic mass is 79.9. The molecule has 3 nitrogen and oxygen atoms in total. The van der Waals surface area contributed by atoms with Crippen LogP contribution >= 0.6 is 15.9 Å². The summed E-state index contributed by atoms with van der Waals surface area (Å²) in [7, 11) is 3.57. The molecule has 112 valence electrons. The predicted molar refractivity (Wildman–Crippen MR) is 89.0 cm³/mol. The molecule has 0 heterocycles. The summed E-state index contributed by atoms with van der Waals surface area (Å²) in [6.07, 6.45) is 0. The van der Waals surface area contributed by atoms with E-state index in [9.17, 15) is 0 Å². The van der Waals surface area contributed by atoms with E-state index in [0.29, 0.717) is 6.61 Å². The van der Waals surface area contributed by atoms with E-state index in [2.05, 4.69) is 52.4 Å². The van der Waals surface area contributed by atoms with Crippen LogP contribution in [0.3, 0.4) is 0 Å². The lowest BCUT2D eigenvalue weighted by molar-refractivity contribution is 0.280. The van der Waals surface area contributed by atoms with Crippen LogP contribution < -0.4 is 14.8 Å². The summed E-state index contributed by atoms with van der Waals surface area (Å²) in [5, 5.41) is 3.15. The zero-order valence-corrected chi connectivity index (χ0v) is 14.2. The number of hydrogen-bond donors (Lipinski definition) is 1. The molecule has 0 saturated carbocycles. The first kappa shape index (κ1) is 15.9. The lowest BCUT2D eigenvalue weighted by Crippen LogP contribution is -2.08. The fourth-order valence-electron chi connectivity index (χ4n) is 2.10. The topological polar surface area (TPSA) is 30.5 Å². The van der Waals surface area contributed by atoms with Crippen molar-refractivity contribution in [2.24, 2.45) is 0 Å². The van der Waals surface area contributed by atoms with Crippen molar-refractivity contribution in [3.63, 3.8) is 0 Å². The largest absolute Gasteiger partial charge is 0.493 e. The van der Waals surface area contributed by atoms with Gasteiger partial charge in [-0.2, -0.15) is 0 Å². The number of halogens is 1. The highest BCUT2D eigenvalue weighted by molar-refractivity contribution is 9.10. The maximum absolute atomic E-state index is 6.01. The fraction of sp³-hybridized carbons (Fsp3) is 0.294. The number of aryl methyl sites for hydroxylation is 1. The Labute approximate surface area is 134 Å². The van der Waals surface area contributed by atoms with Gasteiger partial charge in [-0.05, 0) is 31.7 Å². The molecule has 0 atom stereocenters. The minimum atomic E-state index is 0.523. The molecular formula is C17H20BrNO2. The van der Waals surface area contributed by atoms with Crippen molar-refractivity contribution < 1.29 is 9.47 Å². The van der Waals surface area contributed by atoms with Gasteiger partial charge in [0.1, 0.15) is 6.61 Å². The second-order valence-electron chi connectivity index (χ2n) is 4.90. The number of rotatable bonds is 6. The molecule has 21 heavy (non-hydrogen) atoms. The minimum absolute atomic E-state index is 0.523. The lowest BCUT2D eigenvalue weighted by Gasteiger charge is -2.16. The van der Waals surface area contributed by atoms with E-state index in [1.54, 1.807) is 7.11 Å². The number of methoxy groups -OCH3 is 1. The van der Waals surface area contributed by atoms with Gasteiger partial charge in [0.25, 0.3) is 0 Å². The first-order valence-electron chi connectivity index (χ1n) is 6.83. The van der Waals surface area contributed by atoms with Crippen molar-refractivity contribution in [1.29, 1.82) is 0 Å². The number of hydrogen-bond acceptors (Lipinski definition) is 3. The third-order valence-electron chi connectivity index (χ3n) is 3.19. The molecule has 0 aliphatic rings. The summed E-state index contributed by atoms with van der Waals surface area (Å²) >= 11 is 3.50. The molecule has 2 aromatic carbocycles. The van der Waals surface area contributed by atoms with Crippen LogP contribution in [0.25, 0.3) is 0 Å². The first-order valence-corrected chi connectivity index (χ1v) is 7.62. The summed E-state index contributed by atoms with van der Waals surface area (Å²) < 4.78 is 12.4. The van der Waals surface area contributed by atoms with Gasteiger partial charge in [-0.3, -0.25) is 0 Å². The van der Waals surface area contributed by atoms with E-state index in [-0.39, 0.29) is 0 Å². The van der Waals surface area contributed by atoms with Crippen molar-refractivity contribution >= 4 is 15.9 Å². The Morgan fingerprint density at radius 3 is 2.48 bits per heavy atom. The number of ether oxygens (including phenoxy) is 2. The number of benzene rings is 2. The summed E-state index contributed by atoms with van der Waals surface area (Å²) in [6.45, 7) is 3.32. The van der Waals surface area contributed by atoms with E-state index in [4.69, 9.17) is 9.47 Å². The molecule has 0 saturated heterocycles. The molecular weight excluding hydrogens is 330 g/mol. The number of nitrogens with one attached hydrogen (secondary N) is 1. The summed E-state index contributed by atoms with van der Waals surface area (Å²) in [6, 6.07) is 12.3. The summed E-state index contributed by atoms with van der Waals surface area (Å²) in [4.78, 5) is 0. The summed E-state index contributed by atoms with van der Waals surface area (Å²) in [5.74, 6) is 1.53. The average Bonchev–Trinajstić information content (AvgIpc) is 2.47. The van der Waals surface area contributed by atoms with Gasteiger partial charge in [-0.15, -0.1) is 0 Å². The molecule has 0 spiro atoms. The zero-order valence-electron chi connectivity index (χ0n) is 12.6. The van der Waals surface area contributed by atoms with Crippen LogP contribution in [0.15, 0.2) is 40.9 Å². The highest BCUT2D eigenvalue weighted by Crippen LogP contribution is 2.35. The third kappa shape index (κ3) is 4.22. The van der Waals surface area contributed by atoms with Crippen LogP contribution in [0.2, 0.25) is 0 Å². The Kier molecular flexibility index (Phi) is 5.65. The molecule has 0 bridgehead atoms. The van der Waals surface area contributed by atoms with Crippen molar-refractivity contribution in [2.75, 3.05) is 14.2 Å². The van der Waals surface area contributed by atoms with E-state index < -0.39 is 0 Å². The zero-order chi connectivity index (χ0) is 15.2. The second-order valence-corrected chi connectivity index (χ2v) is 5.82. The van der Waals surface area contributed by atoms with E-state index in [1.165, 1.54) is 5.56 Å². The SMILES string of the molecule is CNCc1cc(Br)cc(OC)c1OCc1ccc(C)cc1. The van der Waals surface area contributed by atoms with Crippen LogP contribution in [0.1, 0.15) is 16.7 Å². The molecule has 0 radical (unpaired) electrons. The molecule has 0 amide bonds. The predicted octanol–water partition coefficient (Wildman–Crippen LogP) is 4.06. The Balaban J connectivity index is 2.22. The fourth-order valence-corrected chi connectivity index (χ4v) is 2.58. The van der Waals surface area contributed by atoms with Crippen molar-refractivity contribution in [2.45, 2.75) is 20.1 Å². The Hall–Kier alpha value is -1.52. The molecule has 0 unspecified atom stereocenters. The molecule has 2 rings (SSSR count). The summed E-state index contributed by atoms with van der Waals surface area (Å²) in [5.41, 5.74) is 3.45. The van der Waals surface area contributed by atoms with Crippen LogP contribution in [-0.4, -0.2) is 14.2 Å². The Bertz CT molecular complexity index is 596. The Morgan fingerprint density at radius 1 is 1.14 bits per heavy atom. The maximum Gasteiger partial charge on any atom is 0.166 e. The van der Waals surface area contributed by atoms with E-state index >= 15 is 0 Å². The molecule has 0 fully saturated rings. The van der Waals surface area contributed by atoms with Crippen LogP contribution in [-0.2, 0) is 13.2 Å². The lowest BCUT2D eigenvalue weighted by atomic mass is 10.1. The molecule has 1 N–H and O–H groups in total. The van der Waals surface area contributed by atoms with Crippen molar-refractivity contribution in [1.82, 2.24) is 5.32 Å². The Morgan fingerprint density at radius 2 is 1.86 bits per heavy atom. The minimum Gasteiger partial charge on any atom is -0.493 e. The van der Waals surface area contributed by atoms with Crippen LogP contribution in [0, 0.1) is 6.92 Å². The van der Waals surface area contributed by atoms with Crippen molar-refractivity contribution in [3.8, 4) is 11.5 Å². The van der Waals surface area contributed by atoms with Gasteiger partial charge < -0.3 is 14.8 Å². The monoisotopic (exact) mass is 349 g/mol. The van der Waals surface area contributed by atoms with Gasteiger partial charge in [-0.25, -0.2) is 0 Å². The van der Waals surface area contributed by atoms with Gasteiger partial charge in [0.15, 0.2) is 11.5 Å². The van der Waals surface area contributed by atoms with E-state index in [1.807, 2.05) is 19.2 Å². The molecule has 2 aromatic rings. The average molecular weight is 350 g/mol. The third-order valence-corrected chi connectivity index (χ3v) is 3.65. The standard InChI is InChI=1S/C17H20BrNO2/c1-12-4-6-13(7-5-12)11-21-17-14(10-19-2)8-15(18)9-16(17)20-3/h4-9,19H,10-11H2,1-3H3. The second kappa shape index (κ2) is 7.48. The molecule has 4 heteroatoms. The first-order chi connectivity index (χ1) is 10.1. The smallest absolute Gasteiger partial charge is 0.166 e. The van der Waals surface area contributed by atoms with Gasteiger partial charge in [0.2, 0.25) is 0 Å². The van der Waals surface area contributed by atoms with Gasteiger partial charge >= 0.3 is 0 Å². The molecule has 0 aliphatic heterocycles. The van der Waals surface area contributed by atoms with Crippen LogP contribution in [0.5, 0.6) is 11.5 Å². The van der Waals surface area contributed by atoms with Gasteiger partial charge in [0, 0.05) is 16.6 Å². The highest BCUT2D eigenvalue weighted by Gasteiger charge is 2.12. The van der Waals surface area contributed by atoms with Gasteiger partial charge in [-0.1, -0.05) is 45.8 Å². The van der Waals surface area contributed by atoms with Gasteiger partial charge in [0.05, 0.1) is 7.11 Å². The molecule has 0 aliphatic carbocycles. The quantitative estimate of drug-likeness (QED) is 0.852. The van der Waals surface area contributed by atoms with Crippen molar-refractivity contribution in [3.05, 3.63) is 57.6 Å². The maximum atomic E-state index is 6.01. The van der Waals surface area contributed by atoms with Crippen LogP contribution in [0.4, 0.5) is 0 Å². The molecule has 0 aromatic heterocycles. The normalized spacial score (nSPS) is 10.5. The van der Waals surface area contributed by atoms with E-state index in [0.717, 1.165) is 33.6 Å².